The van der Waals surface area contributed by atoms with E-state index in [9.17, 15) is 13.2 Å². The monoisotopic (exact) mass is 415 g/mol. The largest absolute Gasteiger partial charge is 0.334 e. The Morgan fingerprint density at radius 1 is 1.11 bits per heavy atom. The summed E-state index contributed by atoms with van der Waals surface area (Å²) in [6.07, 6.45) is 0. The molecule has 0 saturated carbocycles. The summed E-state index contributed by atoms with van der Waals surface area (Å²) in [5, 5.41) is 7.67. The van der Waals surface area contributed by atoms with Crippen LogP contribution >= 0.6 is 11.3 Å². The van der Waals surface area contributed by atoms with Gasteiger partial charge in [0.2, 0.25) is 10.0 Å². The van der Waals surface area contributed by atoms with Crippen molar-refractivity contribution in [1.82, 2.24) is 9.88 Å². The minimum atomic E-state index is -3.74. The van der Waals surface area contributed by atoms with Gasteiger partial charge >= 0.3 is 0 Å². The molecule has 0 fully saturated rings. The number of rotatable bonds is 5. The lowest BCUT2D eigenvalue weighted by molar-refractivity contribution is 0.0737. The second-order valence-electron chi connectivity index (χ2n) is 6.61. The molecular formula is C20H21N3O3S2. The number of aromatic nitrogens is 1. The van der Waals surface area contributed by atoms with Gasteiger partial charge < -0.3 is 4.90 Å². The Morgan fingerprint density at radius 2 is 1.71 bits per heavy atom. The third-order valence-electron chi connectivity index (χ3n) is 4.61. The van der Waals surface area contributed by atoms with E-state index in [1.807, 2.05) is 38.1 Å². The summed E-state index contributed by atoms with van der Waals surface area (Å²) in [7, 11) is -2.04. The van der Waals surface area contributed by atoms with Crippen LogP contribution in [0.5, 0.6) is 0 Å². The van der Waals surface area contributed by atoms with E-state index in [1.54, 1.807) is 29.5 Å². The molecule has 1 amide bonds. The number of nitrogens with zero attached hydrogens (tertiary/aromatic N) is 2. The molecule has 8 heteroatoms. The number of amides is 1. The van der Waals surface area contributed by atoms with Crippen molar-refractivity contribution in [2.24, 2.45) is 5.14 Å². The lowest BCUT2D eigenvalue weighted by Crippen LogP contribution is -2.30. The molecule has 6 nitrogen and oxygen atoms in total. The molecule has 1 aromatic heterocycles. The van der Waals surface area contributed by atoms with Crippen LogP contribution in [-0.2, 0) is 10.0 Å². The van der Waals surface area contributed by atoms with Crippen LogP contribution in [0.3, 0.4) is 0 Å². The van der Waals surface area contributed by atoms with Crippen molar-refractivity contribution in [2.45, 2.75) is 24.8 Å². The topological polar surface area (TPSA) is 93.4 Å². The average Bonchev–Trinajstić information content (AvgIpc) is 3.16. The van der Waals surface area contributed by atoms with Crippen molar-refractivity contribution >= 4 is 27.3 Å². The normalized spacial score (nSPS) is 12.6. The average molecular weight is 416 g/mol. The minimum absolute atomic E-state index is 0.0414. The molecule has 2 aromatic carbocycles. The summed E-state index contributed by atoms with van der Waals surface area (Å²) in [5.74, 6) is -0.197. The van der Waals surface area contributed by atoms with E-state index in [0.29, 0.717) is 5.69 Å². The molecule has 3 rings (SSSR count). The fourth-order valence-corrected chi connectivity index (χ4v) is 4.03. The molecule has 2 N–H and O–H groups in total. The fourth-order valence-electron chi connectivity index (χ4n) is 2.72. The molecule has 0 aliphatic carbocycles. The van der Waals surface area contributed by atoms with Gasteiger partial charge in [0.25, 0.3) is 5.91 Å². The van der Waals surface area contributed by atoms with Crippen LogP contribution in [0.15, 0.2) is 58.8 Å². The number of thiazole rings is 1. The lowest BCUT2D eigenvalue weighted by atomic mass is 10.1. The zero-order valence-corrected chi connectivity index (χ0v) is 17.4. The van der Waals surface area contributed by atoms with E-state index in [0.717, 1.165) is 16.1 Å². The molecule has 1 atom stereocenters. The summed E-state index contributed by atoms with van der Waals surface area (Å²) >= 11 is 1.43. The van der Waals surface area contributed by atoms with Gasteiger partial charge in [-0.15, -0.1) is 11.3 Å². The number of sulfonamides is 1. The van der Waals surface area contributed by atoms with Gasteiger partial charge in [0.15, 0.2) is 0 Å². The van der Waals surface area contributed by atoms with Crippen LogP contribution in [-0.4, -0.2) is 31.3 Å². The Kier molecular flexibility index (Phi) is 5.64. The molecule has 1 heterocycles. The first kappa shape index (κ1) is 20.2. The van der Waals surface area contributed by atoms with Gasteiger partial charge in [-0.1, -0.05) is 42.0 Å². The highest BCUT2D eigenvalue weighted by molar-refractivity contribution is 7.89. The highest BCUT2D eigenvalue weighted by Crippen LogP contribution is 2.26. The van der Waals surface area contributed by atoms with Crippen LogP contribution in [0.2, 0.25) is 0 Å². The summed E-state index contributed by atoms with van der Waals surface area (Å²) in [6, 6.07) is 13.9. The van der Waals surface area contributed by atoms with E-state index in [4.69, 9.17) is 5.14 Å². The first-order valence-electron chi connectivity index (χ1n) is 8.59. The van der Waals surface area contributed by atoms with Crippen LogP contribution in [0.25, 0.3) is 10.6 Å². The van der Waals surface area contributed by atoms with Crippen molar-refractivity contribution in [1.29, 1.82) is 0 Å². The third-order valence-corrected chi connectivity index (χ3v) is 6.43. The molecule has 0 aliphatic heterocycles. The molecule has 146 valence electrons. The Hall–Kier alpha value is -2.55. The van der Waals surface area contributed by atoms with Crippen molar-refractivity contribution in [3.8, 4) is 10.6 Å². The van der Waals surface area contributed by atoms with Crippen molar-refractivity contribution in [2.75, 3.05) is 7.05 Å². The van der Waals surface area contributed by atoms with Crippen LogP contribution < -0.4 is 5.14 Å². The molecule has 28 heavy (non-hydrogen) atoms. The number of carbonyl (C=O) groups excluding carboxylic acids is 1. The Bertz CT molecular complexity index is 1090. The smallest absolute Gasteiger partial charge is 0.273 e. The van der Waals surface area contributed by atoms with Gasteiger partial charge in [0, 0.05) is 18.0 Å². The summed E-state index contributed by atoms with van der Waals surface area (Å²) in [4.78, 5) is 18.9. The zero-order valence-electron chi connectivity index (χ0n) is 15.8. The second-order valence-corrected chi connectivity index (χ2v) is 9.03. The Morgan fingerprint density at radius 3 is 2.29 bits per heavy atom. The number of nitrogens with two attached hydrogens (primary N) is 1. The summed E-state index contributed by atoms with van der Waals surface area (Å²) < 4.78 is 22.8. The van der Waals surface area contributed by atoms with Gasteiger partial charge in [0.05, 0.1) is 10.9 Å². The molecular weight excluding hydrogens is 394 g/mol. The SMILES string of the molecule is Cc1ccc(-c2nc(C(=O)N(C)[C@H](C)c3ccc(S(N)(=O)=O)cc3)cs2)cc1. The zero-order chi connectivity index (χ0) is 20.5. The first-order valence-corrected chi connectivity index (χ1v) is 11.0. The second kappa shape index (κ2) is 7.83. The first-order chi connectivity index (χ1) is 13.2. The number of primary sulfonamides is 1. The van der Waals surface area contributed by atoms with Crippen molar-refractivity contribution < 1.29 is 13.2 Å². The van der Waals surface area contributed by atoms with Gasteiger partial charge in [0.1, 0.15) is 10.7 Å². The van der Waals surface area contributed by atoms with Crippen molar-refractivity contribution in [3.05, 3.63) is 70.7 Å². The van der Waals surface area contributed by atoms with Gasteiger partial charge in [-0.25, -0.2) is 18.5 Å². The van der Waals surface area contributed by atoms with Crippen LogP contribution in [0, 0.1) is 6.92 Å². The molecule has 0 bridgehead atoms. The van der Waals surface area contributed by atoms with Crippen LogP contribution in [0.4, 0.5) is 0 Å². The van der Waals surface area contributed by atoms with E-state index in [-0.39, 0.29) is 16.8 Å². The van der Waals surface area contributed by atoms with Gasteiger partial charge in [-0.2, -0.15) is 0 Å². The Labute approximate surface area is 168 Å². The molecule has 0 radical (unpaired) electrons. The maximum atomic E-state index is 12.8. The number of carbonyl (C=O) groups is 1. The highest BCUT2D eigenvalue weighted by atomic mass is 32.2. The highest BCUT2D eigenvalue weighted by Gasteiger charge is 2.22. The molecule has 0 spiro atoms. The van der Waals surface area contributed by atoms with E-state index in [2.05, 4.69) is 4.98 Å². The molecule has 3 aromatic rings. The van der Waals surface area contributed by atoms with E-state index in [1.165, 1.54) is 29.0 Å². The number of aryl methyl sites for hydroxylation is 1. The van der Waals surface area contributed by atoms with Crippen LogP contribution in [0.1, 0.15) is 34.6 Å². The number of hydrogen-bond donors (Lipinski definition) is 1. The summed E-state index contributed by atoms with van der Waals surface area (Å²) in [6.45, 7) is 3.89. The quantitative estimate of drug-likeness (QED) is 0.689. The fraction of sp³-hybridized carbons (Fsp3) is 0.200. The van der Waals surface area contributed by atoms with E-state index >= 15 is 0 Å². The van der Waals surface area contributed by atoms with Crippen molar-refractivity contribution in [3.63, 3.8) is 0 Å². The summed E-state index contributed by atoms with van der Waals surface area (Å²) in [5.41, 5.74) is 3.33. The third kappa shape index (κ3) is 4.30. The predicted octanol–water partition coefficient (Wildman–Crippen LogP) is 3.60. The maximum Gasteiger partial charge on any atom is 0.273 e. The van der Waals surface area contributed by atoms with Gasteiger partial charge in [-0.05, 0) is 31.5 Å². The molecule has 0 unspecified atom stereocenters. The molecule has 0 saturated heterocycles. The Balaban J connectivity index is 1.77. The number of benzene rings is 2. The van der Waals surface area contributed by atoms with Gasteiger partial charge in [-0.3, -0.25) is 4.79 Å². The predicted molar refractivity (Wildman–Crippen MR) is 111 cm³/mol. The lowest BCUT2D eigenvalue weighted by Gasteiger charge is -2.24. The standard InChI is InChI=1S/C20H21N3O3S2/c1-13-4-6-16(7-5-13)19-22-18(12-27-19)20(24)23(3)14(2)15-8-10-17(11-9-15)28(21,25)26/h4-12,14H,1-3H3,(H2,21,25,26)/t14-/m1/s1. The van der Waals surface area contributed by atoms with E-state index < -0.39 is 10.0 Å². The molecule has 0 aliphatic rings. The maximum absolute atomic E-state index is 12.8. The minimum Gasteiger partial charge on any atom is -0.334 e. The number of hydrogen-bond acceptors (Lipinski definition) is 5.